The van der Waals surface area contributed by atoms with Gasteiger partial charge in [0.05, 0.1) is 11.8 Å². The van der Waals surface area contributed by atoms with Gasteiger partial charge in [0.15, 0.2) is 0 Å². The molecule has 2 bridgehead atoms. The molecular weight excluding hydrogens is 244 g/mol. The molecular formula is C14H24N2O3. The van der Waals surface area contributed by atoms with E-state index in [-0.39, 0.29) is 23.8 Å². The molecule has 0 aromatic rings. The number of amides is 1. The van der Waals surface area contributed by atoms with Gasteiger partial charge in [-0.3, -0.25) is 9.59 Å². The van der Waals surface area contributed by atoms with Gasteiger partial charge in [0.25, 0.3) is 0 Å². The molecule has 0 radical (unpaired) electrons. The zero-order chi connectivity index (χ0) is 14.0. The average molecular weight is 268 g/mol. The summed E-state index contributed by atoms with van der Waals surface area (Å²) in [6.45, 7) is 2.24. The molecule has 0 aliphatic heterocycles. The fourth-order valence-corrected chi connectivity index (χ4v) is 3.59. The minimum atomic E-state index is -0.776. The van der Waals surface area contributed by atoms with Crippen molar-refractivity contribution in [3.8, 4) is 0 Å². The summed E-state index contributed by atoms with van der Waals surface area (Å²) in [5.74, 6) is -0.0628. The van der Waals surface area contributed by atoms with Crippen molar-refractivity contribution < 1.29 is 14.7 Å². The molecule has 5 unspecified atom stereocenters. The first kappa shape index (κ1) is 14.3. The monoisotopic (exact) mass is 268 g/mol. The lowest BCUT2D eigenvalue weighted by Crippen LogP contribution is -2.45. The van der Waals surface area contributed by atoms with Gasteiger partial charge in [-0.25, -0.2) is 0 Å². The Morgan fingerprint density at radius 3 is 2.63 bits per heavy atom. The Morgan fingerprint density at radius 2 is 2.05 bits per heavy atom. The van der Waals surface area contributed by atoms with E-state index in [1.165, 1.54) is 6.42 Å². The number of aliphatic carboxylic acids is 1. The van der Waals surface area contributed by atoms with E-state index in [0.29, 0.717) is 31.2 Å². The molecule has 2 aliphatic rings. The van der Waals surface area contributed by atoms with E-state index in [9.17, 15) is 9.59 Å². The van der Waals surface area contributed by atoms with E-state index in [1.807, 2.05) is 0 Å². The zero-order valence-electron chi connectivity index (χ0n) is 11.5. The van der Waals surface area contributed by atoms with Crippen LogP contribution in [0.5, 0.6) is 0 Å². The molecule has 0 aromatic heterocycles. The summed E-state index contributed by atoms with van der Waals surface area (Å²) in [5.41, 5.74) is 6.12. The van der Waals surface area contributed by atoms with E-state index in [4.69, 9.17) is 10.8 Å². The Bertz CT molecular complexity index is 357. The van der Waals surface area contributed by atoms with E-state index >= 15 is 0 Å². The van der Waals surface area contributed by atoms with Gasteiger partial charge in [-0.15, -0.1) is 0 Å². The molecule has 5 atom stereocenters. The molecule has 4 N–H and O–H groups in total. The molecule has 19 heavy (non-hydrogen) atoms. The summed E-state index contributed by atoms with van der Waals surface area (Å²) in [4.78, 5) is 22.8. The lowest BCUT2D eigenvalue weighted by atomic mass is 9.84. The van der Waals surface area contributed by atoms with Crippen molar-refractivity contribution in [2.24, 2.45) is 29.4 Å². The number of rotatable bonds is 6. The Kier molecular flexibility index (Phi) is 4.45. The number of carbonyl (C=O) groups excluding carboxylic acids is 1. The second kappa shape index (κ2) is 5.90. The van der Waals surface area contributed by atoms with Crippen LogP contribution in [0.4, 0.5) is 0 Å². The zero-order valence-corrected chi connectivity index (χ0v) is 11.5. The first-order valence-electron chi connectivity index (χ1n) is 7.26. The number of hydrogen-bond donors (Lipinski definition) is 3. The Labute approximate surface area is 113 Å². The van der Waals surface area contributed by atoms with E-state index in [2.05, 4.69) is 5.32 Å². The van der Waals surface area contributed by atoms with Crippen LogP contribution in [0.1, 0.15) is 39.0 Å². The predicted molar refractivity (Wildman–Crippen MR) is 71.3 cm³/mol. The smallest absolute Gasteiger partial charge is 0.306 e. The molecule has 2 rings (SSSR count). The molecule has 0 spiro atoms. The summed E-state index contributed by atoms with van der Waals surface area (Å²) in [5, 5.41) is 11.7. The number of hydrogen-bond acceptors (Lipinski definition) is 3. The van der Waals surface area contributed by atoms with Crippen molar-refractivity contribution in [3.05, 3.63) is 0 Å². The van der Waals surface area contributed by atoms with E-state index in [1.54, 1.807) is 6.92 Å². The highest BCUT2D eigenvalue weighted by atomic mass is 16.4. The molecule has 5 nitrogen and oxygen atoms in total. The van der Waals surface area contributed by atoms with Gasteiger partial charge < -0.3 is 16.2 Å². The highest BCUT2D eigenvalue weighted by Gasteiger charge is 2.48. The number of carbonyl (C=O) groups is 2. The van der Waals surface area contributed by atoms with Gasteiger partial charge in [0.1, 0.15) is 0 Å². The normalized spacial score (nSPS) is 34.2. The summed E-state index contributed by atoms with van der Waals surface area (Å²) < 4.78 is 0. The van der Waals surface area contributed by atoms with Gasteiger partial charge in [-0.05, 0) is 43.9 Å². The Morgan fingerprint density at radius 1 is 1.37 bits per heavy atom. The van der Waals surface area contributed by atoms with Crippen LogP contribution in [-0.2, 0) is 9.59 Å². The third kappa shape index (κ3) is 3.08. The minimum Gasteiger partial charge on any atom is -0.481 e. The van der Waals surface area contributed by atoms with Crippen LogP contribution in [0.25, 0.3) is 0 Å². The third-order valence-electron chi connectivity index (χ3n) is 4.82. The molecule has 5 heteroatoms. The topological polar surface area (TPSA) is 92.4 Å². The highest BCUT2D eigenvalue weighted by Crippen LogP contribution is 2.47. The number of carboxylic acids is 1. The molecule has 2 saturated carbocycles. The maximum absolute atomic E-state index is 12.1. The van der Waals surface area contributed by atoms with Crippen LogP contribution in [0.15, 0.2) is 0 Å². The van der Waals surface area contributed by atoms with Gasteiger partial charge in [-0.1, -0.05) is 6.92 Å². The quantitative estimate of drug-likeness (QED) is 0.626. The molecule has 2 aliphatic carbocycles. The fourth-order valence-electron chi connectivity index (χ4n) is 3.59. The first-order chi connectivity index (χ1) is 9.00. The predicted octanol–water partition coefficient (Wildman–Crippen LogP) is 0.977. The summed E-state index contributed by atoms with van der Waals surface area (Å²) in [7, 11) is 0. The van der Waals surface area contributed by atoms with E-state index in [0.717, 1.165) is 12.8 Å². The molecule has 1 amide bonds. The van der Waals surface area contributed by atoms with Crippen LogP contribution in [0, 0.1) is 23.7 Å². The van der Waals surface area contributed by atoms with Crippen LogP contribution in [0.3, 0.4) is 0 Å². The number of nitrogens with two attached hydrogens (primary N) is 1. The number of carboxylic acid groups (broad SMARTS) is 1. The summed E-state index contributed by atoms with van der Waals surface area (Å²) >= 11 is 0. The second-order valence-electron chi connectivity index (χ2n) is 6.11. The first-order valence-corrected chi connectivity index (χ1v) is 7.26. The third-order valence-corrected chi connectivity index (χ3v) is 4.82. The number of fused-ring (bicyclic) bond motifs is 2. The lowest BCUT2D eigenvalue weighted by Gasteiger charge is -2.27. The van der Waals surface area contributed by atoms with Crippen LogP contribution < -0.4 is 11.1 Å². The lowest BCUT2D eigenvalue weighted by molar-refractivity contribution is -0.141. The summed E-state index contributed by atoms with van der Waals surface area (Å²) in [6, 6.07) is 0.0247. The molecule has 0 aromatic carbocycles. The summed E-state index contributed by atoms with van der Waals surface area (Å²) in [6.07, 6.45) is 4.71. The van der Waals surface area contributed by atoms with Crippen LogP contribution in [0.2, 0.25) is 0 Å². The highest BCUT2D eigenvalue weighted by molar-refractivity contribution is 5.80. The molecule has 108 valence electrons. The maximum atomic E-state index is 12.1. The number of nitrogens with one attached hydrogen (secondary N) is 1. The van der Waals surface area contributed by atoms with Crippen molar-refractivity contribution in [1.82, 2.24) is 5.32 Å². The molecule has 0 heterocycles. The van der Waals surface area contributed by atoms with Crippen molar-refractivity contribution in [2.75, 3.05) is 6.54 Å². The minimum absolute atomic E-state index is 0.0179. The van der Waals surface area contributed by atoms with Gasteiger partial charge in [-0.2, -0.15) is 0 Å². The van der Waals surface area contributed by atoms with Gasteiger partial charge in [0.2, 0.25) is 5.91 Å². The SMILES string of the molecule is CC(CCCNC(=O)C1C2CCC(C2)C1N)C(=O)O. The van der Waals surface area contributed by atoms with Gasteiger partial charge in [0, 0.05) is 12.6 Å². The van der Waals surface area contributed by atoms with Crippen LogP contribution >= 0.6 is 0 Å². The largest absolute Gasteiger partial charge is 0.481 e. The standard InChI is InChI=1S/C14H24N2O3/c1-8(14(18)19)3-2-6-16-13(17)11-9-4-5-10(7-9)12(11)15/h8-12H,2-7,15H2,1H3,(H,16,17)(H,18,19). The van der Waals surface area contributed by atoms with Crippen molar-refractivity contribution >= 4 is 11.9 Å². The average Bonchev–Trinajstić information content (AvgIpc) is 2.94. The van der Waals surface area contributed by atoms with Crippen molar-refractivity contribution in [3.63, 3.8) is 0 Å². The van der Waals surface area contributed by atoms with Crippen molar-refractivity contribution in [2.45, 2.75) is 45.1 Å². The fraction of sp³-hybridized carbons (Fsp3) is 0.857. The molecule has 2 fully saturated rings. The van der Waals surface area contributed by atoms with E-state index < -0.39 is 5.97 Å². The van der Waals surface area contributed by atoms with Crippen molar-refractivity contribution in [1.29, 1.82) is 0 Å². The molecule has 0 saturated heterocycles. The Balaban J connectivity index is 1.69. The second-order valence-corrected chi connectivity index (χ2v) is 6.11. The Hall–Kier alpha value is -1.10. The maximum Gasteiger partial charge on any atom is 0.306 e. The van der Waals surface area contributed by atoms with Gasteiger partial charge >= 0.3 is 5.97 Å². The van der Waals surface area contributed by atoms with Crippen LogP contribution in [-0.4, -0.2) is 29.6 Å².